The SMILES string of the molecule is CC[C@@H](NC(=O)Nc1ccc(Cl)c([N+](=O)[O-])c1)C(=O)O. The summed E-state index contributed by atoms with van der Waals surface area (Å²) in [4.78, 5) is 32.3. The molecule has 0 fully saturated rings. The summed E-state index contributed by atoms with van der Waals surface area (Å²) in [5.41, 5.74) is -0.214. The van der Waals surface area contributed by atoms with E-state index < -0.39 is 23.0 Å². The number of nitrogens with zero attached hydrogens (tertiary/aromatic N) is 1. The number of aliphatic carboxylic acids is 1. The third-order valence-corrected chi connectivity index (χ3v) is 2.73. The number of carboxylic acids is 1. The van der Waals surface area contributed by atoms with Crippen molar-refractivity contribution in [1.29, 1.82) is 0 Å². The van der Waals surface area contributed by atoms with Crippen LogP contribution in [0.3, 0.4) is 0 Å². The number of hydrogen-bond donors (Lipinski definition) is 3. The summed E-state index contributed by atoms with van der Waals surface area (Å²) in [6.07, 6.45) is 0.212. The Balaban J connectivity index is 2.78. The number of nitro groups is 1. The molecule has 1 aromatic carbocycles. The van der Waals surface area contributed by atoms with Crippen molar-refractivity contribution >= 4 is 35.0 Å². The van der Waals surface area contributed by atoms with E-state index in [1.165, 1.54) is 12.1 Å². The molecule has 0 aromatic heterocycles. The van der Waals surface area contributed by atoms with Crippen molar-refractivity contribution in [3.05, 3.63) is 33.3 Å². The molecular weight excluding hydrogens is 290 g/mol. The number of nitrogens with one attached hydrogen (secondary N) is 2. The van der Waals surface area contributed by atoms with Crippen LogP contribution in [0.4, 0.5) is 16.2 Å². The fourth-order valence-electron chi connectivity index (χ4n) is 1.39. The molecule has 9 heteroatoms. The molecule has 1 aromatic rings. The van der Waals surface area contributed by atoms with E-state index in [0.29, 0.717) is 0 Å². The minimum atomic E-state index is -1.16. The first-order valence-electron chi connectivity index (χ1n) is 5.59. The fraction of sp³-hybridized carbons (Fsp3) is 0.273. The maximum atomic E-state index is 11.6. The molecule has 108 valence electrons. The zero-order chi connectivity index (χ0) is 15.3. The summed E-state index contributed by atoms with van der Waals surface area (Å²) < 4.78 is 0. The van der Waals surface area contributed by atoms with Crippen molar-refractivity contribution < 1.29 is 19.6 Å². The van der Waals surface area contributed by atoms with Gasteiger partial charge in [0.1, 0.15) is 11.1 Å². The lowest BCUT2D eigenvalue weighted by molar-refractivity contribution is -0.384. The molecule has 0 bridgehead atoms. The van der Waals surface area contributed by atoms with Crippen LogP contribution in [0.5, 0.6) is 0 Å². The second-order valence-corrected chi connectivity index (χ2v) is 4.23. The van der Waals surface area contributed by atoms with Crippen molar-refractivity contribution in [2.75, 3.05) is 5.32 Å². The number of hydrogen-bond acceptors (Lipinski definition) is 4. The van der Waals surface area contributed by atoms with Gasteiger partial charge in [-0.25, -0.2) is 9.59 Å². The molecule has 20 heavy (non-hydrogen) atoms. The second kappa shape index (κ2) is 6.71. The second-order valence-electron chi connectivity index (χ2n) is 3.82. The number of amides is 2. The lowest BCUT2D eigenvalue weighted by Gasteiger charge is -2.13. The van der Waals surface area contributed by atoms with Crippen molar-refractivity contribution in [2.45, 2.75) is 19.4 Å². The number of rotatable bonds is 5. The molecule has 0 aliphatic carbocycles. The van der Waals surface area contributed by atoms with Crippen LogP contribution < -0.4 is 10.6 Å². The van der Waals surface area contributed by atoms with Crippen molar-refractivity contribution in [3.63, 3.8) is 0 Å². The van der Waals surface area contributed by atoms with Crippen molar-refractivity contribution in [2.24, 2.45) is 0 Å². The van der Waals surface area contributed by atoms with Gasteiger partial charge in [-0.15, -0.1) is 0 Å². The van der Waals surface area contributed by atoms with Crippen LogP contribution in [0.25, 0.3) is 0 Å². The minimum absolute atomic E-state index is 0.0575. The number of nitro benzene ring substituents is 1. The fourth-order valence-corrected chi connectivity index (χ4v) is 1.58. The highest BCUT2D eigenvalue weighted by atomic mass is 35.5. The Labute approximate surface area is 118 Å². The Morgan fingerprint density at radius 2 is 2.15 bits per heavy atom. The molecule has 0 heterocycles. The Hall–Kier alpha value is -2.35. The summed E-state index contributed by atoms with van der Waals surface area (Å²) >= 11 is 5.63. The van der Waals surface area contributed by atoms with E-state index in [9.17, 15) is 19.7 Å². The van der Waals surface area contributed by atoms with E-state index in [4.69, 9.17) is 16.7 Å². The summed E-state index contributed by atoms with van der Waals surface area (Å²) in [7, 11) is 0. The highest BCUT2D eigenvalue weighted by Crippen LogP contribution is 2.27. The van der Waals surface area contributed by atoms with Crippen LogP contribution in [0.15, 0.2) is 18.2 Å². The first-order chi connectivity index (χ1) is 9.35. The first kappa shape index (κ1) is 15.7. The van der Waals surface area contributed by atoms with Gasteiger partial charge in [-0.3, -0.25) is 10.1 Å². The number of carbonyl (C=O) groups is 2. The summed E-state index contributed by atoms with van der Waals surface area (Å²) in [5, 5.41) is 24.0. The smallest absolute Gasteiger partial charge is 0.326 e. The van der Waals surface area contributed by atoms with Gasteiger partial charge < -0.3 is 15.7 Å². The van der Waals surface area contributed by atoms with E-state index in [1.807, 2.05) is 0 Å². The number of anilines is 1. The normalized spacial score (nSPS) is 11.5. The third-order valence-electron chi connectivity index (χ3n) is 2.41. The molecule has 0 aliphatic heterocycles. The Bertz CT molecular complexity index is 549. The quantitative estimate of drug-likeness (QED) is 0.568. The molecule has 0 saturated carbocycles. The zero-order valence-electron chi connectivity index (χ0n) is 10.4. The van der Waals surface area contributed by atoms with E-state index in [0.717, 1.165) is 6.07 Å². The molecule has 3 N–H and O–H groups in total. The maximum absolute atomic E-state index is 11.6. The van der Waals surface area contributed by atoms with Gasteiger partial charge >= 0.3 is 12.0 Å². The lowest BCUT2D eigenvalue weighted by atomic mass is 10.2. The van der Waals surface area contributed by atoms with Crippen molar-refractivity contribution in [3.8, 4) is 0 Å². The van der Waals surface area contributed by atoms with Crippen molar-refractivity contribution in [1.82, 2.24) is 5.32 Å². The van der Waals surface area contributed by atoms with Crippen LogP contribution in [0.1, 0.15) is 13.3 Å². The van der Waals surface area contributed by atoms with Crippen LogP contribution in [-0.2, 0) is 4.79 Å². The van der Waals surface area contributed by atoms with E-state index in [-0.39, 0.29) is 22.8 Å². The number of benzene rings is 1. The largest absolute Gasteiger partial charge is 0.480 e. The topological polar surface area (TPSA) is 122 Å². The van der Waals surface area contributed by atoms with Gasteiger partial charge in [0.2, 0.25) is 0 Å². The third kappa shape index (κ3) is 4.09. The molecule has 2 amide bonds. The van der Waals surface area contributed by atoms with Gasteiger partial charge in [0.15, 0.2) is 0 Å². The molecule has 0 radical (unpaired) electrons. The Kier molecular flexibility index (Phi) is 5.27. The standard InChI is InChI=1S/C11H12ClN3O5/c1-2-8(10(16)17)14-11(18)13-6-3-4-7(12)9(5-6)15(19)20/h3-5,8H,2H2,1H3,(H,16,17)(H2,13,14,18)/t8-/m1/s1. The molecule has 8 nitrogen and oxygen atoms in total. The predicted octanol–water partition coefficient (Wildman–Crippen LogP) is 2.23. The molecule has 1 rings (SSSR count). The summed E-state index contributed by atoms with van der Waals surface area (Å²) in [6.45, 7) is 1.60. The Morgan fingerprint density at radius 3 is 2.65 bits per heavy atom. The molecule has 0 spiro atoms. The van der Waals surface area contributed by atoms with Gasteiger partial charge in [0.05, 0.1) is 4.92 Å². The van der Waals surface area contributed by atoms with Crippen LogP contribution >= 0.6 is 11.6 Å². The number of carboxylic acid groups (broad SMARTS) is 1. The minimum Gasteiger partial charge on any atom is -0.480 e. The predicted molar refractivity (Wildman–Crippen MR) is 72.0 cm³/mol. The molecule has 0 aliphatic rings. The van der Waals surface area contributed by atoms with E-state index >= 15 is 0 Å². The molecular formula is C11H12ClN3O5. The van der Waals surface area contributed by atoms with E-state index in [2.05, 4.69) is 10.6 Å². The Morgan fingerprint density at radius 1 is 1.50 bits per heavy atom. The average molecular weight is 302 g/mol. The maximum Gasteiger partial charge on any atom is 0.326 e. The zero-order valence-corrected chi connectivity index (χ0v) is 11.2. The molecule has 0 saturated heterocycles. The highest BCUT2D eigenvalue weighted by molar-refractivity contribution is 6.32. The van der Waals surface area contributed by atoms with Crippen LogP contribution in [0.2, 0.25) is 5.02 Å². The van der Waals surface area contributed by atoms with Crippen LogP contribution in [-0.4, -0.2) is 28.1 Å². The van der Waals surface area contributed by atoms with E-state index in [1.54, 1.807) is 6.92 Å². The monoisotopic (exact) mass is 301 g/mol. The van der Waals surface area contributed by atoms with Gasteiger partial charge in [-0.05, 0) is 18.6 Å². The summed E-state index contributed by atoms with van der Waals surface area (Å²) in [6, 6.07) is 1.93. The van der Waals surface area contributed by atoms with Gasteiger partial charge in [-0.1, -0.05) is 18.5 Å². The average Bonchev–Trinajstić information content (AvgIpc) is 2.37. The lowest BCUT2D eigenvalue weighted by Crippen LogP contribution is -2.42. The number of urea groups is 1. The van der Waals surface area contributed by atoms with Gasteiger partial charge in [0.25, 0.3) is 5.69 Å². The molecule has 1 atom stereocenters. The highest BCUT2D eigenvalue weighted by Gasteiger charge is 2.18. The van der Waals surface area contributed by atoms with Gasteiger partial charge in [0, 0.05) is 11.8 Å². The summed E-state index contributed by atoms with van der Waals surface area (Å²) in [5.74, 6) is -1.16. The number of carbonyl (C=O) groups excluding carboxylic acids is 1. The first-order valence-corrected chi connectivity index (χ1v) is 5.97. The molecule has 0 unspecified atom stereocenters. The number of halogens is 1. The van der Waals surface area contributed by atoms with Gasteiger partial charge in [-0.2, -0.15) is 0 Å². The van der Waals surface area contributed by atoms with Crippen LogP contribution in [0, 0.1) is 10.1 Å².